The summed E-state index contributed by atoms with van der Waals surface area (Å²) in [6.45, 7) is 4.12. The van der Waals surface area contributed by atoms with Crippen LogP contribution in [0.2, 0.25) is 0 Å². The van der Waals surface area contributed by atoms with Crippen LogP contribution in [0, 0.1) is 54.3 Å². The van der Waals surface area contributed by atoms with Gasteiger partial charge in [-0.05, 0) is 123 Å². The molecule has 5 bridgehead atoms. The number of aromatic hydroxyl groups is 2. The molecule has 2 saturated carbocycles. The third-order valence-electron chi connectivity index (χ3n) is 17.8. The van der Waals surface area contributed by atoms with E-state index >= 15 is 0 Å². The number of aliphatic hydroxyl groups excluding tert-OH is 4. The lowest BCUT2D eigenvalue weighted by atomic mass is 9.49. The van der Waals surface area contributed by atoms with Crippen LogP contribution >= 0.6 is 0 Å². The molecule has 0 radical (unpaired) electrons. The normalized spacial score (nSPS) is 30.7. The fraction of sp³-hybridized carbons (Fsp3) is 0.500. The minimum atomic E-state index is -2.61. The van der Waals surface area contributed by atoms with E-state index in [1.807, 2.05) is 18.5 Å². The monoisotopic (exact) mass is 998 g/mol. The number of aryl methyl sites for hydroxylation is 2. The summed E-state index contributed by atoms with van der Waals surface area (Å²) in [5, 5.41) is 88.4. The molecular weight excluding hydrogens is 937 g/mol. The van der Waals surface area contributed by atoms with Gasteiger partial charge >= 0.3 is 0 Å². The second kappa shape index (κ2) is 18.2. The van der Waals surface area contributed by atoms with Gasteiger partial charge in [-0.3, -0.25) is 9.59 Å². The summed E-state index contributed by atoms with van der Waals surface area (Å²) in [4.78, 5) is 44.1. The van der Waals surface area contributed by atoms with Gasteiger partial charge in [-0.15, -0.1) is 5.92 Å². The highest BCUT2D eigenvalue weighted by Gasteiger charge is 2.65. The number of piperidine rings is 1. The first-order valence-corrected chi connectivity index (χ1v) is 25.8. The summed E-state index contributed by atoms with van der Waals surface area (Å²) in [7, 11) is 0. The third-order valence-corrected chi connectivity index (χ3v) is 17.8. The van der Waals surface area contributed by atoms with Crippen LogP contribution in [0.5, 0.6) is 17.2 Å². The van der Waals surface area contributed by atoms with Crippen molar-refractivity contribution >= 4 is 38.6 Å². The number of carbonyl (C=O) groups is 1. The smallest absolute Gasteiger partial charge is 0.220 e. The number of H-pyrrole nitrogens is 1. The van der Waals surface area contributed by atoms with E-state index < -0.39 is 54.7 Å². The van der Waals surface area contributed by atoms with Crippen molar-refractivity contribution in [3.05, 3.63) is 93.7 Å². The van der Waals surface area contributed by atoms with Crippen LogP contribution in [0.25, 0.3) is 38.3 Å². The zero-order chi connectivity index (χ0) is 50.7. The average Bonchev–Trinajstić information content (AvgIpc) is 4.12. The highest BCUT2D eigenvalue weighted by Crippen LogP contribution is 2.61. The van der Waals surface area contributed by atoms with Gasteiger partial charge in [0.05, 0.1) is 17.5 Å². The van der Waals surface area contributed by atoms with Crippen molar-refractivity contribution in [3.8, 4) is 34.8 Å². The Labute approximate surface area is 420 Å². The van der Waals surface area contributed by atoms with Crippen molar-refractivity contribution in [2.24, 2.45) is 35.5 Å². The molecule has 10 N–H and O–H groups in total. The fourth-order valence-corrected chi connectivity index (χ4v) is 14.3. The maximum absolute atomic E-state index is 14.1. The highest BCUT2D eigenvalue weighted by molar-refractivity contribution is 5.93. The van der Waals surface area contributed by atoms with Crippen molar-refractivity contribution in [2.45, 2.75) is 119 Å². The minimum Gasteiger partial charge on any atom is -0.508 e. The van der Waals surface area contributed by atoms with Crippen molar-refractivity contribution < 1.29 is 59.5 Å². The first kappa shape index (κ1) is 48.0. The number of nitrogens with zero attached hydrogens (tertiary/aromatic N) is 1. The Kier molecular flexibility index (Phi) is 12.0. The van der Waals surface area contributed by atoms with Crippen LogP contribution < -0.4 is 20.8 Å². The largest absolute Gasteiger partial charge is 0.508 e. The molecule has 7 heterocycles. The number of aliphatic hydroxyl groups is 5. The molecule has 6 aromatic rings. The van der Waals surface area contributed by atoms with Gasteiger partial charge in [0.2, 0.25) is 5.91 Å². The lowest BCUT2D eigenvalue weighted by molar-refractivity contribution is -0.397. The molecule has 2 aliphatic carbocycles. The Morgan fingerprint density at radius 2 is 1.79 bits per heavy atom. The van der Waals surface area contributed by atoms with Crippen LogP contribution in [0.1, 0.15) is 68.0 Å². The molecule has 1 spiro atoms. The Hall–Kier alpha value is -5.94. The van der Waals surface area contributed by atoms with Gasteiger partial charge in [0, 0.05) is 84.7 Å². The number of aromatic nitrogens is 2. The number of phenolic OH excluding ortho intramolecular Hbond substituents is 2. The van der Waals surface area contributed by atoms with Gasteiger partial charge in [0.15, 0.2) is 22.9 Å². The zero-order valence-electron chi connectivity index (χ0n) is 40.7. The molecule has 3 aromatic carbocycles. The number of nitrogens with one attached hydrogen (secondary N) is 3. The summed E-state index contributed by atoms with van der Waals surface area (Å²) in [6.07, 6.45) is -1.12. The van der Waals surface area contributed by atoms with Gasteiger partial charge in [0.1, 0.15) is 58.6 Å². The molecule has 384 valence electrons. The predicted octanol–water partition coefficient (Wildman–Crippen LogP) is 4.09. The molecule has 6 aliphatic rings. The molecule has 4 aliphatic heterocycles. The zero-order valence-corrected chi connectivity index (χ0v) is 40.7. The summed E-state index contributed by atoms with van der Waals surface area (Å²) in [6, 6.07) is 12.5. The van der Waals surface area contributed by atoms with Crippen molar-refractivity contribution in [1.29, 1.82) is 0 Å². The quantitative estimate of drug-likeness (QED) is 0.0685. The van der Waals surface area contributed by atoms with E-state index in [9.17, 15) is 45.3 Å². The third kappa shape index (κ3) is 7.75. The second-order valence-corrected chi connectivity index (χ2v) is 21.8. The SMILES string of the molecule is CCc1c2cc[nH]c2cn1-c1c2c(cc3c(=O)cc(C)oc13)CC1OOC(C(O)(Cc3ccc(O)c4ccc(O)cc34)C(O)C(O)C(O)CO)C#CCC3CCNC4C3CC3CC4C1(CC3C1CNC(=O)C1)O2. The van der Waals surface area contributed by atoms with Crippen molar-refractivity contribution in [3.63, 3.8) is 0 Å². The van der Waals surface area contributed by atoms with Crippen LogP contribution in [-0.2, 0) is 33.8 Å². The molecule has 14 atom stereocenters. The molecule has 17 heteroatoms. The van der Waals surface area contributed by atoms with E-state index in [0.717, 1.165) is 35.9 Å². The van der Waals surface area contributed by atoms with Gasteiger partial charge in [-0.25, -0.2) is 9.78 Å². The number of hydrogen-bond donors (Lipinski definition) is 10. The number of benzene rings is 3. The first-order valence-electron chi connectivity index (χ1n) is 25.8. The standard InChI is InChI=1S/C56H62N4O13/c1-3-42-35-12-14-57-41(35)25-60(42)50-52-31(17-38-44(64)15-27(2)70-53(38)50)19-47-56(71-52)23-39(32-20-48(66)59-24-32)30-16-37-28(11-13-58-49(37)40(56)18-30)5-4-6-46(72-73-47)55(69,54(68)51(67)45(65)26-61)22-29-7-10-43(63)34-9-8-33(62)21-36(29)34/h7-10,12,14-15,17,21,25,28,30,32,37,39-40,45-47,49,51,54,57-58,61-63,65,67-69H,3,5,11,13,16,18-20,22-24,26H2,1-2H3,(H,59,66). The van der Waals surface area contributed by atoms with E-state index in [1.54, 1.807) is 13.0 Å². The Bertz CT molecular complexity index is 3280. The molecule has 17 nitrogen and oxygen atoms in total. The molecule has 2 saturated heterocycles. The van der Waals surface area contributed by atoms with E-state index in [0.29, 0.717) is 88.8 Å². The van der Waals surface area contributed by atoms with E-state index in [1.165, 1.54) is 36.4 Å². The van der Waals surface area contributed by atoms with Gasteiger partial charge in [-0.2, -0.15) is 0 Å². The van der Waals surface area contributed by atoms with Crippen LogP contribution in [0.3, 0.4) is 0 Å². The number of rotatable bonds is 10. The van der Waals surface area contributed by atoms with Crippen LogP contribution in [0.4, 0.5) is 0 Å². The lowest BCUT2D eigenvalue weighted by Crippen LogP contribution is -2.71. The van der Waals surface area contributed by atoms with Crippen molar-refractivity contribution in [1.82, 2.24) is 20.2 Å². The Morgan fingerprint density at radius 3 is 2.59 bits per heavy atom. The van der Waals surface area contributed by atoms with E-state index in [-0.39, 0.29) is 70.8 Å². The number of carbonyl (C=O) groups excluding carboxylic acids is 1. The number of aromatic amines is 1. The summed E-state index contributed by atoms with van der Waals surface area (Å²) in [5.41, 5.74) is -0.267. The molecule has 14 unspecified atom stereocenters. The number of fused-ring (bicyclic) bond motifs is 5. The number of hydrogen-bond acceptors (Lipinski definition) is 14. The highest BCUT2D eigenvalue weighted by atomic mass is 17.2. The number of phenols is 2. The molecule has 3 aromatic heterocycles. The lowest BCUT2D eigenvalue weighted by Gasteiger charge is -2.62. The Morgan fingerprint density at radius 1 is 0.945 bits per heavy atom. The number of amides is 1. The van der Waals surface area contributed by atoms with Crippen molar-refractivity contribution in [2.75, 3.05) is 19.7 Å². The van der Waals surface area contributed by atoms with E-state index in [2.05, 4.69) is 38.9 Å². The van der Waals surface area contributed by atoms with E-state index in [4.69, 9.17) is 18.9 Å². The predicted molar refractivity (Wildman–Crippen MR) is 267 cm³/mol. The molecule has 4 fully saturated rings. The Balaban J connectivity index is 1.07. The summed E-state index contributed by atoms with van der Waals surface area (Å²) >= 11 is 0. The topological polar surface area (TPSA) is 261 Å². The van der Waals surface area contributed by atoms with Crippen LogP contribution in [-0.4, -0.2) is 119 Å². The van der Waals surface area contributed by atoms with Crippen LogP contribution in [0.15, 0.2) is 70.1 Å². The summed E-state index contributed by atoms with van der Waals surface area (Å²) in [5.74, 6) is 7.43. The van der Waals surface area contributed by atoms with Gasteiger partial charge in [0.25, 0.3) is 0 Å². The first-order chi connectivity index (χ1) is 35.2. The molecule has 12 rings (SSSR count). The fourth-order valence-electron chi connectivity index (χ4n) is 14.3. The average molecular weight is 999 g/mol. The summed E-state index contributed by atoms with van der Waals surface area (Å²) < 4.78 is 16.6. The maximum atomic E-state index is 14.1. The number of ether oxygens (including phenoxy) is 1. The molecule has 1 amide bonds. The van der Waals surface area contributed by atoms with Gasteiger partial charge < -0.3 is 65.1 Å². The second-order valence-electron chi connectivity index (χ2n) is 21.8. The van der Waals surface area contributed by atoms with Gasteiger partial charge in [-0.1, -0.05) is 18.9 Å². The molecule has 73 heavy (non-hydrogen) atoms. The minimum absolute atomic E-state index is 0.00172. The maximum Gasteiger partial charge on any atom is 0.220 e. The molecular formula is C56H62N4O13.